The van der Waals surface area contributed by atoms with Gasteiger partial charge in [-0.15, -0.1) is 0 Å². The number of rotatable bonds is 12. The summed E-state index contributed by atoms with van der Waals surface area (Å²) in [5.74, 6) is -2.08. The van der Waals surface area contributed by atoms with Crippen LogP contribution in [-0.2, 0) is 20.9 Å². The third-order valence-corrected chi connectivity index (χ3v) is 4.56. The second-order valence-electron chi connectivity index (χ2n) is 6.90. The Morgan fingerprint density at radius 2 is 1.80 bits per heavy atom. The molecule has 0 radical (unpaired) electrons. The van der Waals surface area contributed by atoms with Crippen LogP contribution in [0.4, 0.5) is 9.59 Å². The third-order valence-electron chi connectivity index (χ3n) is 4.56. The van der Waals surface area contributed by atoms with Gasteiger partial charge in [0.05, 0.1) is 0 Å². The molecule has 10 heteroatoms. The molecule has 0 fully saturated rings. The summed E-state index contributed by atoms with van der Waals surface area (Å²) in [5, 5.41) is 16.7. The smallest absolute Gasteiger partial charge is 0.408 e. The van der Waals surface area contributed by atoms with Crippen LogP contribution < -0.4 is 21.7 Å². The highest BCUT2D eigenvalue weighted by molar-refractivity contribution is 5.89. The van der Waals surface area contributed by atoms with Crippen molar-refractivity contribution in [2.75, 3.05) is 6.54 Å². The van der Waals surface area contributed by atoms with E-state index in [2.05, 4.69) is 16.0 Å². The second-order valence-corrected chi connectivity index (χ2v) is 6.90. The number of primary amides is 1. The Morgan fingerprint density at radius 1 is 1.13 bits per heavy atom. The second kappa shape index (κ2) is 13.0. The number of benzene rings is 1. The molecule has 3 atom stereocenters. The molecular weight excluding hydrogens is 392 g/mol. The van der Waals surface area contributed by atoms with Crippen LogP contribution in [0.5, 0.6) is 0 Å². The molecule has 1 aromatic rings. The van der Waals surface area contributed by atoms with Gasteiger partial charge in [0.2, 0.25) is 5.91 Å². The van der Waals surface area contributed by atoms with Gasteiger partial charge in [-0.2, -0.15) is 0 Å². The fourth-order valence-corrected chi connectivity index (χ4v) is 2.63. The Labute approximate surface area is 175 Å². The molecule has 0 aliphatic rings. The van der Waals surface area contributed by atoms with Gasteiger partial charge in [0.15, 0.2) is 0 Å². The lowest BCUT2D eigenvalue weighted by atomic mass is 9.98. The van der Waals surface area contributed by atoms with Crippen molar-refractivity contribution in [1.82, 2.24) is 16.0 Å². The predicted octanol–water partition coefficient (Wildman–Crippen LogP) is 1.35. The Balaban J connectivity index is 2.65. The van der Waals surface area contributed by atoms with Crippen LogP contribution in [0.3, 0.4) is 0 Å². The van der Waals surface area contributed by atoms with Crippen molar-refractivity contribution < 1.29 is 29.0 Å². The first-order chi connectivity index (χ1) is 14.2. The maximum atomic E-state index is 12.7. The maximum absolute atomic E-state index is 12.7. The first kappa shape index (κ1) is 24.7. The van der Waals surface area contributed by atoms with Crippen molar-refractivity contribution in [3.63, 3.8) is 0 Å². The van der Waals surface area contributed by atoms with E-state index in [1.165, 1.54) is 0 Å². The van der Waals surface area contributed by atoms with Gasteiger partial charge in [-0.05, 0) is 24.3 Å². The summed E-state index contributed by atoms with van der Waals surface area (Å²) < 4.78 is 5.16. The van der Waals surface area contributed by atoms with Gasteiger partial charge in [-0.1, -0.05) is 50.6 Å². The minimum absolute atomic E-state index is 0.0478. The summed E-state index contributed by atoms with van der Waals surface area (Å²) in [6.45, 7) is 3.86. The molecular formula is C20H30N4O6. The van der Waals surface area contributed by atoms with Crippen LogP contribution in [0.15, 0.2) is 30.3 Å². The Morgan fingerprint density at radius 3 is 2.37 bits per heavy atom. The average Bonchev–Trinajstić information content (AvgIpc) is 2.72. The van der Waals surface area contributed by atoms with Gasteiger partial charge in [-0.3, -0.25) is 4.79 Å². The van der Waals surface area contributed by atoms with Crippen LogP contribution >= 0.6 is 0 Å². The number of hydrogen-bond donors (Lipinski definition) is 5. The highest BCUT2D eigenvalue weighted by Gasteiger charge is 2.30. The Hall–Kier alpha value is -3.30. The fourth-order valence-electron chi connectivity index (χ4n) is 2.63. The van der Waals surface area contributed by atoms with E-state index >= 15 is 0 Å². The summed E-state index contributed by atoms with van der Waals surface area (Å²) in [7, 11) is 0. The number of hydrogen-bond acceptors (Lipinski definition) is 5. The average molecular weight is 422 g/mol. The summed E-state index contributed by atoms with van der Waals surface area (Å²) in [4.78, 5) is 47.0. The number of urea groups is 1. The van der Waals surface area contributed by atoms with E-state index in [1.807, 2.05) is 25.1 Å². The molecule has 1 aromatic carbocycles. The molecule has 166 valence electrons. The summed E-state index contributed by atoms with van der Waals surface area (Å²) in [5.41, 5.74) is 5.76. The predicted molar refractivity (Wildman–Crippen MR) is 109 cm³/mol. The molecule has 0 saturated heterocycles. The molecule has 0 bridgehead atoms. The first-order valence-electron chi connectivity index (χ1n) is 9.78. The van der Waals surface area contributed by atoms with E-state index in [1.54, 1.807) is 19.1 Å². The van der Waals surface area contributed by atoms with Gasteiger partial charge < -0.3 is 31.5 Å². The number of amides is 4. The number of carboxylic acid groups (broad SMARTS) is 1. The molecule has 4 amide bonds. The zero-order valence-electron chi connectivity index (χ0n) is 17.2. The molecule has 0 aliphatic heterocycles. The van der Waals surface area contributed by atoms with E-state index in [0.29, 0.717) is 12.8 Å². The quantitative estimate of drug-likeness (QED) is 0.320. The van der Waals surface area contributed by atoms with Gasteiger partial charge in [0, 0.05) is 6.54 Å². The number of alkyl carbamates (subject to hydrolysis) is 1. The number of carbonyl (C=O) groups is 4. The largest absolute Gasteiger partial charge is 0.480 e. The highest BCUT2D eigenvalue weighted by atomic mass is 16.5. The third kappa shape index (κ3) is 9.26. The first-order valence-corrected chi connectivity index (χ1v) is 9.78. The standard InChI is InChI=1S/C20H30N4O6/c1-3-13(2)16(24-20(29)30-12-14-8-5-4-6-9-14)17(25)23-15(18(26)27)10-7-11-22-19(21)28/h4-6,8-9,13,15-16H,3,7,10-12H2,1-2H3,(H,23,25)(H,24,29)(H,26,27)(H3,21,22,28)/t13-,15-,16-/m0/s1. The van der Waals surface area contributed by atoms with E-state index in [-0.39, 0.29) is 25.5 Å². The van der Waals surface area contributed by atoms with Crippen LogP contribution in [0, 0.1) is 5.92 Å². The lowest BCUT2D eigenvalue weighted by Gasteiger charge is -2.25. The molecule has 10 nitrogen and oxygen atoms in total. The van der Waals surface area contributed by atoms with Crippen LogP contribution in [-0.4, -0.2) is 47.7 Å². The van der Waals surface area contributed by atoms with Crippen molar-refractivity contribution in [1.29, 1.82) is 0 Å². The maximum Gasteiger partial charge on any atom is 0.408 e. The minimum atomic E-state index is -1.21. The lowest BCUT2D eigenvalue weighted by molar-refractivity contribution is -0.142. The number of carbonyl (C=O) groups excluding carboxylic acids is 3. The molecule has 6 N–H and O–H groups in total. The number of aliphatic carboxylic acids is 1. The van der Waals surface area contributed by atoms with Gasteiger partial charge in [0.25, 0.3) is 0 Å². The van der Waals surface area contributed by atoms with Crippen LogP contribution in [0.2, 0.25) is 0 Å². The van der Waals surface area contributed by atoms with E-state index in [0.717, 1.165) is 5.56 Å². The van der Waals surface area contributed by atoms with Crippen molar-refractivity contribution in [2.45, 2.75) is 51.8 Å². The molecule has 0 unspecified atom stereocenters. The zero-order chi connectivity index (χ0) is 22.5. The SMILES string of the molecule is CC[C@H](C)[C@H](NC(=O)OCc1ccccc1)C(=O)N[C@@H](CCCNC(N)=O)C(=O)O. The van der Waals surface area contributed by atoms with Crippen molar-refractivity contribution in [2.24, 2.45) is 11.7 Å². The molecule has 0 heterocycles. The summed E-state index contributed by atoms with van der Waals surface area (Å²) in [6.07, 6.45) is 0.210. The van der Waals surface area contributed by atoms with Crippen LogP contribution in [0.1, 0.15) is 38.7 Å². The minimum Gasteiger partial charge on any atom is -0.480 e. The molecule has 1 rings (SSSR count). The molecule has 0 aliphatic carbocycles. The highest BCUT2D eigenvalue weighted by Crippen LogP contribution is 2.10. The van der Waals surface area contributed by atoms with Gasteiger partial charge in [0.1, 0.15) is 18.7 Å². The lowest BCUT2D eigenvalue weighted by Crippen LogP contribution is -2.54. The van der Waals surface area contributed by atoms with E-state index < -0.39 is 36.1 Å². The molecule has 0 spiro atoms. The van der Waals surface area contributed by atoms with Gasteiger partial charge in [-0.25, -0.2) is 14.4 Å². The molecule has 0 aromatic heterocycles. The van der Waals surface area contributed by atoms with Crippen molar-refractivity contribution in [3.05, 3.63) is 35.9 Å². The molecule has 30 heavy (non-hydrogen) atoms. The summed E-state index contributed by atoms with van der Waals surface area (Å²) in [6, 6.07) is 6.25. The van der Waals surface area contributed by atoms with Crippen LogP contribution in [0.25, 0.3) is 0 Å². The number of carboxylic acids is 1. The fraction of sp³-hybridized carbons (Fsp3) is 0.500. The topological polar surface area (TPSA) is 160 Å². The number of ether oxygens (including phenoxy) is 1. The Kier molecular flexibility index (Phi) is 10.7. The van der Waals surface area contributed by atoms with Gasteiger partial charge >= 0.3 is 18.1 Å². The van der Waals surface area contributed by atoms with E-state index in [4.69, 9.17) is 10.5 Å². The van der Waals surface area contributed by atoms with Crippen molar-refractivity contribution in [3.8, 4) is 0 Å². The van der Waals surface area contributed by atoms with E-state index in [9.17, 15) is 24.3 Å². The monoisotopic (exact) mass is 422 g/mol. The number of nitrogens with two attached hydrogens (primary N) is 1. The van der Waals surface area contributed by atoms with Crippen molar-refractivity contribution >= 4 is 24.0 Å². The number of nitrogens with one attached hydrogen (secondary N) is 3. The normalized spacial score (nSPS) is 13.4. The molecule has 0 saturated carbocycles. The zero-order valence-corrected chi connectivity index (χ0v) is 17.2. The summed E-state index contributed by atoms with van der Waals surface area (Å²) >= 11 is 0. The Bertz CT molecular complexity index is 713.